The number of sulfone groups is 1. The minimum absolute atomic E-state index is 0.00609. The van der Waals surface area contributed by atoms with E-state index in [9.17, 15) is 17.6 Å². The third kappa shape index (κ3) is 5.16. The Balaban J connectivity index is 1.27. The molecule has 2 aliphatic rings. The number of anilines is 1. The van der Waals surface area contributed by atoms with Crippen LogP contribution in [0.25, 0.3) is 0 Å². The summed E-state index contributed by atoms with van der Waals surface area (Å²) < 4.78 is 36.1. The number of benzene rings is 2. The van der Waals surface area contributed by atoms with Crippen molar-refractivity contribution in [2.24, 2.45) is 4.99 Å². The Hall–Kier alpha value is -2.39. The average Bonchev–Trinajstić information content (AvgIpc) is 3.15. The van der Waals surface area contributed by atoms with Gasteiger partial charge in [0.2, 0.25) is 5.91 Å². The summed E-state index contributed by atoms with van der Waals surface area (Å²) in [6, 6.07) is 13.3. The molecule has 4 rings (SSSR count). The zero-order chi connectivity index (χ0) is 20.4. The molecular weight excluding hydrogens is 413 g/mol. The summed E-state index contributed by atoms with van der Waals surface area (Å²) in [7, 11) is -2.95. The van der Waals surface area contributed by atoms with E-state index in [4.69, 9.17) is 0 Å². The number of hydrogen-bond donors (Lipinski definition) is 2. The fourth-order valence-corrected chi connectivity index (χ4v) is 6.97. The average molecular weight is 434 g/mol. The van der Waals surface area contributed by atoms with E-state index < -0.39 is 9.84 Å². The molecule has 1 fully saturated rings. The molecule has 2 aliphatic heterocycles. The smallest absolute Gasteiger partial charge is 0.224 e. The quantitative estimate of drug-likeness (QED) is 0.756. The van der Waals surface area contributed by atoms with E-state index in [1.54, 1.807) is 12.1 Å². The Kier molecular flexibility index (Phi) is 5.60. The van der Waals surface area contributed by atoms with Gasteiger partial charge < -0.3 is 10.6 Å². The van der Waals surface area contributed by atoms with Crippen LogP contribution in [0, 0.1) is 5.82 Å². The molecule has 9 heteroatoms. The second-order valence-electron chi connectivity index (χ2n) is 7.14. The standard InChI is InChI=1S/C20H20FN3O3S2/c21-15-5-1-14(2-6-15)10-22-19(25)9-13-3-7-16(8-4-13)23-20-24-17-11-29(26,27)12-18(17)28-20/h1-8,17-18H,9-12H2,(H,22,25)(H,23,24). The van der Waals surface area contributed by atoms with Crippen molar-refractivity contribution in [3.05, 3.63) is 65.5 Å². The van der Waals surface area contributed by atoms with E-state index in [1.807, 2.05) is 24.3 Å². The topological polar surface area (TPSA) is 87.6 Å². The molecule has 6 nitrogen and oxygen atoms in total. The first-order valence-electron chi connectivity index (χ1n) is 9.18. The van der Waals surface area contributed by atoms with Gasteiger partial charge in [-0.1, -0.05) is 36.0 Å². The van der Waals surface area contributed by atoms with Gasteiger partial charge in [0.05, 0.1) is 24.0 Å². The van der Waals surface area contributed by atoms with E-state index in [0.717, 1.165) is 22.0 Å². The van der Waals surface area contributed by atoms with Crippen molar-refractivity contribution in [2.45, 2.75) is 24.3 Å². The summed E-state index contributed by atoms with van der Waals surface area (Å²) in [5.41, 5.74) is 2.55. The Morgan fingerprint density at radius 1 is 1.07 bits per heavy atom. The third-order valence-corrected chi connectivity index (χ3v) is 7.93. The molecule has 1 amide bonds. The van der Waals surface area contributed by atoms with Crippen molar-refractivity contribution >= 4 is 38.4 Å². The highest BCUT2D eigenvalue weighted by atomic mass is 32.2. The molecule has 1 saturated heterocycles. The second kappa shape index (κ2) is 8.16. The summed E-state index contributed by atoms with van der Waals surface area (Å²) in [4.78, 5) is 16.6. The molecule has 0 radical (unpaired) electrons. The molecule has 0 spiro atoms. The van der Waals surface area contributed by atoms with Gasteiger partial charge in [-0.15, -0.1) is 0 Å². The first kappa shape index (κ1) is 19.9. The van der Waals surface area contributed by atoms with Crippen LogP contribution in [0.4, 0.5) is 10.1 Å². The monoisotopic (exact) mass is 433 g/mol. The fourth-order valence-electron chi connectivity index (χ4n) is 3.30. The fraction of sp³-hybridized carbons (Fsp3) is 0.300. The van der Waals surface area contributed by atoms with Gasteiger partial charge in [0.25, 0.3) is 0 Å². The first-order chi connectivity index (χ1) is 13.9. The first-order valence-corrected chi connectivity index (χ1v) is 11.9. The van der Waals surface area contributed by atoms with Crippen molar-refractivity contribution in [2.75, 3.05) is 16.8 Å². The summed E-state index contributed by atoms with van der Waals surface area (Å²) >= 11 is 1.47. The molecule has 2 aromatic rings. The van der Waals surface area contributed by atoms with Crippen LogP contribution in [0.3, 0.4) is 0 Å². The molecular formula is C20H20FN3O3S2. The summed E-state index contributed by atoms with van der Waals surface area (Å²) in [6.07, 6.45) is 0.249. The van der Waals surface area contributed by atoms with Crippen molar-refractivity contribution in [1.29, 1.82) is 0 Å². The van der Waals surface area contributed by atoms with Gasteiger partial charge in [0.1, 0.15) is 5.82 Å². The van der Waals surface area contributed by atoms with E-state index in [1.165, 1.54) is 23.9 Å². The molecule has 29 heavy (non-hydrogen) atoms. The maximum Gasteiger partial charge on any atom is 0.224 e. The number of nitrogens with one attached hydrogen (secondary N) is 2. The number of amides is 1. The molecule has 2 aromatic carbocycles. The van der Waals surface area contributed by atoms with E-state index >= 15 is 0 Å². The lowest BCUT2D eigenvalue weighted by molar-refractivity contribution is -0.120. The molecule has 0 aliphatic carbocycles. The number of amidine groups is 1. The van der Waals surface area contributed by atoms with Gasteiger partial charge in [-0.05, 0) is 35.4 Å². The maximum absolute atomic E-state index is 12.9. The number of halogens is 1. The van der Waals surface area contributed by atoms with Crippen molar-refractivity contribution < 1.29 is 17.6 Å². The van der Waals surface area contributed by atoms with E-state index in [2.05, 4.69) is 15.6 Å². The number of thioether (sulfide) groups is 1. The van der Waals surface area contributed by atoms with E-state index in [0.29, 0.717) is 6.54 Å². The normalized spacial score (nSPS) is 22.0. The second-order valence-corrected chi connectivity index (χ2v) is 10.5. The van der Waals surface area contributed by atoms with Gasteiger partial charge in [-0.25, -0.2) is 12.8 Å². The highest BCUT2D eigenvalue weighted by molar-refractivity contribution is 8.15. The molecule has 2 heterocycles. The minimum Gasteiger partial charge on any atom is -0.352 e. The SMILES string of the molecule is O=C(Cc1ccc(NC2=NC3CS(=O)(=O)CC3S2)cc1)NCc1ccc(F)cc1. The van der Waals surface area contributed by atoms with Crippen molar-refractivity contribution in [3.8, 4) is 0 Å². The summed E-state index contributed by atoms with van der Waals surface area (Å²) in [6.45, 7) is 0.355. The third-order valence-electron chi connectivity index (χ3n) is 4.79. The van der Waals surface area contributed by atoms with Crippen LogP contribution in [0.2, 0.25) is 0 Å². The largest absolute Gasteiger partial charge is 0.352 e. The number of carbonyl (C=O) groups is 1. The Morgan fingerprint density at radius 3 is 2.45 bits per heavy atom. The minimum atomic E-state index is -2.95. The van der Waals surface area contributed by atoms with Crippen LogP contribution < -0.4 is 10.6 Å². The number of hydrogen-bond acceptors (Lipinski definition) is 6. The number of fused-ring (bicyclic) bond motifs is 1. The van der Waals surface area contributed by atoms with Gasteiger partial charge in [0, 0.05) is 17.5 Å². The van der Waals surface area contributed by atoms with Crippen LogP contribution in [-0.2, 0) is 27.6 Å². The Morgan fingerprint density at radius 2 is 1.76 bits per heavy atom. The molecule has 0 saturated carbocycles. The van der Waals surface area contributed by atoms with Gasteiger partial charge in [-0.2, -0.15) is 0 Å². The summed E-state index contributed by atoms with van der Waals surface area (Å²) in [5.74, 6) is -0.103. The van der Waals surface area contributed by atoms with Crippen LogP contribution in [0.5, 0.6) is 0 Å². The highest BCUT2D eigenvalue weighted by Crippen LogP contribution is 2.34. The van der Waals surface area contributed by atoms with E-state index in [-0.39, 0.29) is 40.9 Å². The number of rotatable bonds is 5. The lowest BCUT2D eigenvalue weighted by Gasteiger charge is -2.09. The van der Waals surface area contributed by atoms with Crippen LogP contribution in [0.1, 0.15) is 11.1 Å². The predicted molar refractivity (Wildman–Crippen MR) is 113 cm³/mol. The number of nitrogens with zero attached hydrogens (tertiary/aromatic N) is 1. The number of carbonyl (C=O) groups excluding carboxylic acids is 1. The van der Waals surface area contributed by atoms with Gasteiger partial charge >= 0.3 is 0 Å². The molecule has 2 N–H and O–H groups in total. The Bertz CT molecular complexity index is 1040. The number of aliphatic imine (C=N–C) groups is 1. The molecule has 2 atom stereocenters. The van der Waals surface area contributed by atoms with Gasteiger partial charge in [0.15, 0.2) is 15.0 Å². The summed E-state index contributed by atoms with van der Waals surface area (Å²) in [5, 5.41) is 6.78. The lowest BCUT2D eigenvalue weighted by Crippen LogP contribution is -2.24. The molecule has 152 valence electrons. The van der Waals surface area contributed by atoms with Crippen molar-refractivity contribution in [3.63, 3.8) is 0 Å². The molecule has 2 unspecified atom stereocenters. The maximum atomic E-state index is 12.9. The zero-order valence-electron chi connectivity index (χ0n) is 15.5. The van der Waals surface area contributed by atoms with Crippen molar-refractivity contribution in [1.82, 2.24) is 5.32 Å². The van der Waals surface area contributed by atoms with Crippen LogP contribution in [0.15, 0.2) is 53.5 Å². The highest BCUT2D eigenvalue weighted by Gasteiger charge is 2.42. The predicted octanol–water partition coefficient (Wildman–Crippen LogP) is 2.36. The van der Waals surface area contributed by atoms with Crippen LogP contribution >= 0.6 is 11.8 Å². The lowest BCUT2D eigenvalue weighted by atomic mass is 10.1. The van der Waals surface area contributed by atoms with Crippen LogP contribution in [-0.4, -0.2) is 42.3 Å². The van der Waals surface area contributed by atoms with Gasteiger partial charge in [-0.3, -0.25) is 9.79 Å². The zero-order valence-corrected chi connectivity index (χ0v) is 17.1. The molecule has 0 aromatic heterocycles. The molecule has 0 bridgehead atoms. The Labute approximate surface area is 172 Å².